The van der Waals surface area contributed by atoms with Crippen LogP contribution < -0.4 is 5.32 Å². The Hall–Kier alpha value is -0.940. The normalized spacial score (nSPS) is 11.0. The van der Waals surface area contributed by atoms with Gasteiger partial charge in [0, 0.05) is 22.3 Å². The number of rotatable bonds is 4. The number of aromatic nitrogens is 1. The van der Waals surface area contributed by atoms with E-state index in [-0.39, 0.29) is 0 Å². The molecule has 0 aliphatic rings. The molecule has 3 rings (SSSR count). The van der Waals surface area contributed by atoms with E-state index in [1.165, 1.54) is 4.70 Å². The van der Waals surface area contributed by atoms with Crippen LogP contribution in [0.15, 0.2) is 40.7 Å². The van der Waals surface area contributed by atoms with Crippen molar-refractivity contribution >= 4 is 62.2 Å². The summed E-state index contributed by atoms with van der Waals surface area (Å²) in [7, 11) is 0. The molecule has 0 bridgehead atoms. The number of nitrogens with one attached hydrogen (secondary N) is 1. The number of thiazole rings is 1. The second-order valence-electron chi connectivity index (χ2n) is 4.50. The molecule has 2 nitrogen and oxygen atoms in total. The highest BCUT2D eigenvalue weighted by Crippen LogP contribution is 2.30. The van der Waals surface area contributed by atoms with Crippen molar-refractivity contribution in [1.82, 2.24) is 4.98 Å². The van der Waals surface area contributed by atoms with Gasteiger partial charge in [0.1, 0.15) is 0 Å². The van der Waals surface area contributed by atoms with E-state index in [9.17, 15) is 0 Å². The third-order valence-electron chi connectivity index (χ3n) is 2.96. The molecule has 0 amide bonds. The summed E-state index contributed by atoms with van der Waals surface area (Å²) < 4.78 is 2.28. The Morgan fingerprint density at radius 3 is 2.62 bits per heavy atom. The van der Waals surface area contributed by atoms with E-state index < -0.39 is 0 Å². The van der Waals surface area contributed by atoms with Gasteiger partial charge in [-0.05, 0) is 48.2 Å². The summed E-state index contributed by atoms with van der Waals surface area (Å²) >= 11 is 15.4. The first-order valence-electron chi connectivity index (χ1n) is 6.27. The van der Waals surface area contributed by atoms with Crippen molar-refractivity contribution in [2.75, 3.05) is 11.6 Å². The minimum absolute atomic E-state index is 0.654. The first-order valence-corrected chi connectivity index (χ1v) is 9.07. The van der Waals surface area contributed by atoms with Crippen molar-refractivity contribution in [2.24, 2.45) is 0 Å². The van der Waals surface area contributed by atoms with E-state index >= 15 is 0 Å². The molecular weight excluding hydrogens is 343 g/mol. The van der Waals surface area contributed by atoms with Gasteiger partial charge in [-0.25, -0.2) is 4.98 Å². The summed E-state index contributed by atoms with van der Waals surface area (Å²) in [5.41, 5.74) is 3.16. The monoisotopic (exact) mass is 354 g/mol. The standard InChI is InChI=1S/C15H12Cl2N2S2/c1-20-15-19-13-3-2-12(7-14(13)21-15)18-8-9-4-10(16)6-11(17)5-9/h2-7,18H,8H2,1H3. The quantitative estimate of drug-likeness (QED) is 0.587. The number of hydrogen-bond acceptors (Lipinski definition) is 4. The van der Waals surface area contributed by atoms with Gasteiger partial charge >= 0.3 is 0 Å². The van der Waals surface area contributed by atoms with Gasteiger partial charge in [0.25, 0.3) is 0 Å². The molecule has 0 aliphatic carbocycles. The Kier molecular flexibility index (Phi) is 4.60. The molecule has 21 heavy (non-hydrogen) atoms. The van der Waals surface area contributed by atoms with Gasteiger partial charge in [0.05, 0.1) is 10.2 Å². The Bertz CT molecular complexity index is 766. The van der Waals surface area contributed by atoms with Crippen LogP contribution in [0.3, 0.4) is 0 Å². The molecule has 0 aliphatic heterocycles. The van der Waals surface area contributed by atoms with E-state index in [1.807, 2.05) is 30.5 Å². The average molecular weight is 355 g/mol. The number of nitrogens with zero attached hydrogens (tertiary/aromatic N) is 1. The van der Waals surface area contributed by atoms with Gasteiger partial charge in [0.2, 0.25) is 0 Å². The van der Waals surface area contributed by atoms with Gasteiger partial charge in [-0.15, -0.1) is 11.3 Å². The van der Waals surface area contributed by atoms with E-state index in [4.69, 9.17) is 23.2 Å². The minimum Gasteiger partial charge on any atom is -0.381 e. The van der Waals surface area contributed by atoms with Crippen LogP contribution in [0, 0.1) is 0 Å². The highest BCUT2D eigenvalue weighted by Gasteiger charge is 2.04. The number of halogens is 2. The first-order chi connectivity index (χ1) is 10.1. The van der Waals surface area contributed by atoms with Gasteiger partial charge in [-0.1, -0.05) is 35.0 Å². The molecule has 0 spiro atoms. The third-order valence-corrected chi connectivity index (χ3v) is 5.40. The first kappa shape index (κ1) is 15.0. The Labute approximate surface area is 141 Å². The van der Waals surface area contributed by atoms with Crippen LogP contribution in [-0.4, -0.2) is 11.2 Å². The summed E-state index contributed by atoms with van der Waals surface area (Å²) in [6.07, 6.45) is 2.04. The Balaban J connectivity index is 1.78. The lowest BCUT2D eigenvalue weighted by Crippen LogP contribution is -1.99. The number of anilines is 1. The molecule has 0 radical (unpaired) electrons. The predicted octanol–water partition coefficient (Wildman–Crippen LogP) is 5.94. The molecule has 1 aromatic heterocycles. The molecule has 108 valence electrons. The van der Waals surface area contributed by atoms with Crippen LogP contribution in [0.1, 0.15) is 5.56 Å². The van der Waals surface area contributed by atoms with Crippen LogP contribution in [0.5, 0.6) is 0 Å². The third kappa shape index (κ3) is 3.64. The fourth-order valence-corrected chi connectivity index (χ4v) is 4.12. The van der Waals surface area contributed by atoms with Crippen LogP contribution in [0.2, 0.25) is 10.0 Å². The van der Waals surface area contributed by atoms with Crippen LogP contribution in [0.4, 0.5) is 5.69 Å². The van der Waals surface area contributed by atoms with Crippen LogP contribution in [-0.2, 0) is 6.54 Å². The highest BCUT2D eigenvalue weighted by atomic mass is 35.5. The Morgan fingerprint density at radius 1 is 1.14 bits per heavy atom. The van der Waals surface area contributed by atoms with Crippen molar-refractivity contribution in [3.05, 3.63) is 52.0 Å². The zero-order valence-corrected chi connectivity index (χ0v) is 14.3. The topological polar surface area (TPSA) is 24.9 Å². The fourth-order valence-electron chi connectivity index (χ4n) is 2.02. The summed E-state index contributed by atoms with van der Waals surface area (Å²) in [5, 5.41) is 4.70. The maximum Gasteiger partial charge on any atom is 0.150 e. The lowest BCUT2D eigenvalue weighted by Gasteiger charge is -2.07. The van der Waals surface area contributed by atoms with Crippen molar-refractivity contribution in [2.45, 2.75) is 10.9 Å². The van der Waals surface area contributed by atoms with E-state index in [0.29, 0.717) is 16.6 Å². The Morgan fingerprint density at radius 2 is 1.90 bits per heavy atom. The van der Waals surface area contributed by atoms with Gasteiger partial charge in [-0.3, -0.25) is 0 Å². The molecule has 3 aromatic rings. The predicted molar refractivity (Wildman–Crippen MR) is 95.2 cm³/mol. The molecule has 0 atom stereocenters. The molecule has 0 saturated carbocycles. The fraction of sp³-hybridized carbons (Fsp3) is 0.133. The molecule has 2 aromatic carbocycles. The number of thioether (sulfide) groups is 1. The summed E-state index contributed by atoms with van der Waals surface area (Å²) in [6.45, 7) is 0.681. The van der Waals surface area contributed by atoms with Gasteiger partial charge in [-0.2, -0.15) is 0 Å². The number of fused-ring (bicyclic) bond motifs is 1. The largest absolute Gasteiger partial charge is 0.381 e. The maximum atomic E-state index is 6.01. The molecule has 0 saturated heterocycles. The van der Waals surface area contributed by atoms with Crippen LogP contribution in [0.25, 0.3) is 10.2 Å². The molecule has 1 N–H and O–H groups in total. The number of hydrogen-bond donors (Lipinski definition) is 1. The second-order valence-corrected chi connectivity index (χ2v) is 7.45. The molecular formula is C15H12Cl2N2S2. The van der Waals surface area contributed by atoms with Crippen molar-refractivity contribution in [3.63, 3.8) is 0 Å². The van der Waals surface area contributed by atoms with E-state index in [0.717, 1.165) is 21.1 Å². The van der Waals surface area contributed by atoms with E-state index in [1.54, 1.807) is 29.2 Å². The van der Waals surface area contributed by atoms with Gasteiger partial charge in [0.15, 0.2) is 4.34 Å². The summed E-state index contributed by atoms with van der Waals surface area (Å²) in [4.78, 5) is 4.53. The average Bonchev–Trinajstić information content (AvgIpc) is 2.86. The lowest BCUT2D eigenvalue weighted by molar-refractivity contribution is 1.15. The second kappa shape index (κ2) is 6.44. The SMILES string of the molecule is CSc1nc2ccc(NCc3cc(Cl)cc(Cl)c3)cc2s1. The van der Waals surface area contributed by atoms with Crippen molar-refractivity contribution < 1.29 is 0 Å². The molecule has 6 heteroatoms. The molecule has 0 fully saturated rings. The zero-order valence-electron chi connectivity index (χ0n) is 11.2. The van der Waals surface area contributed by atoms with Crippen molar-refractivity contribution in [1.29, 1.82) is 0 Å². The number of benzene rings is 2. The van der Waals surface area contributed by atoms with Crippen molar-refractivity contribution in [3.8, 4) is 0 Å². The zero-order chi connectivity index (χ0) is 14.8. The summed E-state index contributed by atoms with van der Waals surface area (Å²) in [6, 6.07) is 11.8. The lowest BCUT2D eigenvalue weighted by atomic mass is 10.2. The smallest absolute Gasteiger partial charge is 0.150 e. The maximum absolute atomic E-state index is 6.01. The molecule has 0 unspecified atom stereocenters. The molecule has 1 heterocycles. The van der Waals surface area contributed by atoms with Gasteiger partial charge < -0.3 is 5.32 Å². The van der Waals surface area contributed by atoms with Crippen LogP contribution >= 0.6 is 46.3 Å². The highest BCUT2D eigenvalue weighted by molar-refractivity contribution is 8.00. The van der Waals surface area contributed by atoms with E-state index in [2.05, 4.69) is 16.4 Å². The summed E-state index contributed by atoms with van der Waals surface area (Å²) in [5.74, 6) is 0. The minimum atomic E-state index is 0.654.